The zero-order chi connectivity index (χ0) is 25.0. The Labute approximate surface area is 200 Å². The molecule has 10 nitrogen and oxygen atoms in total. The van der Waals surface area contributed by atoms with Crippen LogP contribution >= 0.6 is 0 Å². The number of halogens is 3. The van der Waals surface area contributed by atoms with E-state index in [2.05, 4.69) is 32.0 Å². The van der Waals surface area contributed by atoms with Crippen molar-refractivity contribution in [1.82, 2.24) is 25.1 Å². The molecule has 2 aromatic rings. The lowest BCUT2D eigenvalue weighted by atomic mass is 9.96. The lowest BCUT2D eigenvalue weighted by molar-refractivity contribution is -0.138. The molecule has 2 aliphatic rings. The average molecular weight is 496 g/mol. The molecule has 13 heteroatoms. The normalized spacial score (nSPS) is 18.5. The van der Waals surface area contributed by atoms with Gasteiger partial charge in [0.2, 0.25) is 11.9 Å². The van der Waals surface area contributed by atoms with Crippen LogP contribution in [0.15, 0.2) is 23.4 Å². The van der Waals surface area contributed by atoms with E-state index in [1.54, 1.807) is 16.0 Å². The number of nitrogens with one attached hydrogen (secondary N) is 1. The van der Waals surface area contributed by atoms with Crippen LogP contribution in [0.4, 0.5) is 24.8 Å². The molecule has 1 atom stereocenters. The SMILES string of the molecule is C[C@@H]1Cc2c(cn[nH]c2=O)N(CCOCCC(=O)N2CCN(c3ncc(C(F)(F)F)cn3)CC2)C1. The summed E-state index contributed by atoms with van der Waals surface area (Å²) in [5.41, 5.74) is 0.533. The minimum atomic E-state index is -4.47. The van der Waals surface area contributed by atoms with Crippen LogP contribution in [0.3, 0.4) is 0 Å². The van der Waals surface area contributed by atoms with Gasteiger partial charge in [0.25, 0.3) is 5.56 Å². The van der Waals surface area contributed by atoms with Gasteiger partial charge >= 0.3 is 6.18 Å². The Bertz CT molecular complexity index is 1070. The molecule has 35 heavy (non-hydrogen) atoms. The monoisotopic (exact) mass is 495 g/mol. The molecule has 2 aliphatic heterocycles. The topological polar surface area (TPSA) is 108 Å². The maximum atomic E-state index is 12.7. The van der Waals surface area contributed by atoms with Gasteiger partial charge in [0, 0.05) is 57.2 Å². The number of piperazine rings is 1. The largest absolute Gasteiger partial charge is 0.419 e. The molecular formula is C22H28F3N7O3. The molecule has 0 unspecified atom stereocenters. The number of carbonyl (C=O) groups is 1. The van der Waals surface area contributed by atoms with Crippen molar-refractivity contribution < 1.29 is 22.7 Å². The first-order valence-corrected chi connectivity index (χ1v) is 11.5. The number of anilines is 2. The van der Waals surface area contributed by atoms with Crippen LogP contribution in [-0.2, 0) is 22.1 Å². The first-order chi connectivity index (χ1) is 16.7. The van der Waals surface area contributed by atoms with E-state index < -0.39 is 11.7 Å². The Morgan fingerprint density at radius 3 is 2.54 bits per heavy atom. The van der Waals surface area contributed by atoms with Crippen molar-refractivity contribution >= 4 is 17.5 Å². The molecular weight excluding hydrogens is 467 g/mol. The van der Waals surface area contributed by atoms with Crippen molar-refractivity contribution in [3.63, 3.8) is 0 Å². The minimum Gasteiger partial charge on any atom is -0.379 e. The van der Waals surface area contributed by atoms with Crippen molar-refractivity contribution in [3.8, 4) is 0 Å². The fourth-order valence-electron chi connectivity index (χ4n) is 4.36. The maximum absolute atomic E-state index is 12.7. The second-order valence-electron chi connectivity index (χ2n) is 8.82. The number of ether oxygens (including phenoxy) is 1. The summed E-state index contributed by atoms with van der Waals surface area (Å²) in [6.45, 7) is 5.97. The van der Waals surface area contributed by atoms with Gasteiger partial charge in [-0.25, -0.2) is 15.1 Å². The predicted octanol–water partition coefficient (Wildman–Crippen LogP) is 1.33. The fraction of sp³-hybridized carbons (Fsp3) is 0.591. The summed E-state index contributed by atoms with van der Waals surface area (Å²) in [6, 6.07) is 0. The van der Waals surface area contributed by atoms with Gasteiger partial charge in [-0.15, -0.1) is 0 Å². The molecule has 0 bridgehead atoms. The number of nitrogens with zero attached hydrogens (tertiary/aromatic N) is 6. The van der Waals surface area contributed by atoms with Gasteiger partial charge in [0.1, 0.15) is 0 Å². The van der Waals surface area contributed by atoms with E-state index in [0.29, 0.717) is 45.2 Å². The maximum Gasteiger partial charge on any atom is 0.419 e. The second kappa shape index (κ2) is 10.6. The van der Waals surface area contributed by atoms with Crippen molar-refractivity contribution in [3.05, 3.63) is 40.1 Å². The van der Waals surface area contributed by atoms with Gasteiger partial charge in [-0.2, -0.15) is 18.3 Å². The van der Waals surface area contributed by atoms with E-state index in [9.17, 15) is 22.8 Å². The van der Waals surface area contributed by atoms with E-state index >= 15 is 0 Å². The molecule has 0 saturated carbocycles. The van der Waals surface area contributed by atoms with Crippen LogP contribution < -0.4 is 15.4 Å². The van der Waals surface area contributed by atoms with Crippen LogP contribution in [0.25, 0.3) is 0 Å². The van der Waals surface area contributed by atoms with E-state index in [0.717, 1.165) is 36.6 Å². The lowest BCUT2D eigenvalue weighted by Gasteiger charge is -2.35. The Hall–Kier alpha value is -3.22. The quantitative estimate of drug-likeness (QED) is 0.574. The van der Waals surface area contributed by atoms with Gasteiger partial charge in [0.15, 0.2) is 0 Å². The van der Waals surface area contributed by atoms with Gasteiger partial charge in [-0.05, 0) is 12.3 Å². The number of carbonyl (C=O) groups excluding carboxylic acids is 1. The highest BCUT2D eigenvalue weighted by Gasteiger charge is 2.32. The molecule has 0 aromatic carbocycles. The number of fused-ring (bicyclic) bond motifs is 1. The summed E-state index contributed by atoms with van der Waals surface area (Å²) in [5.74, 6) is 0.532. The molecule has 0 aliphatic carbocycles. The molecule has 190 valence electrons. The van der Waals surface area contributed by atoms with Gasteiger partial charge in [-0.1, -0.05) is 6.92 Å². The van der Waals surface area contributed by atoms with Gasteiger partial charge < -0.3 is 19.4 Å². The standard InChI is InChI=1S/C22H28F3N7O3/c1-15-10-17-18(13-28-29-20(17)34)32(14-15)7-9-35-8-2-19(33)30-3-5-31(6-4-30)21-26-11-16(12-27-21)22(23,24)25/h11-13,15H,2-10,14H2,1H3,(H,29,34)/t15-/m1/s1. The number of alkyl halides is 3. The number of hydrogen-bond donors (Lipinski definition) is 1. The first kappa shape index (κ1) is 24.9. The van der Waals surface area contributed by atoms with Gasteiger partial charge in [0.05, 0.1) is 37.1 Å². The summed E-state index contributed by atoms with van der Waals surface area (Å²) < 4.78 is 43.7. The van der Waals surface area contributed by atoms with Crippen LogP contribution in [0.2, 0.25) is 0 Å². The summed E-state index contributed by atoms with van der Waals surface area (Å²) in [6.07, 6.45) is -0.299. The molecule has 2 aromatic heterocycles. The number of amides is 1. The van der Waals surface area contributed by atoms with Crippen LogP contribution in [0, 0.1) is 5.92 Å². The van der Waals surface area contributed by atoms with E-state index in [1.165, 1.54) is 0 Å². The smallest absolute Gasteiger partial charge is 0.379 e. The molecule has 4 rings (SSSR count). The van der Waals surface area contributed by atoms with E-state index in [-0.39, 0.29) is 30.4 Å². The highest BCUT2D eigenvalue weighted by atomic mass is 19.4. The zero-order valence-corrected chi connectivity index (χ0v) is 19.4. The van der Waals surface area contributed by atoms with Crippen LogP contribution in [0.5, 0.6) is 0 Å². The molecule has 1 N–H and O–H groups in total. The van der Waals surface area contributed by atoms with Crippen molar-refractivity contribution in [2.75, 3.05) is 62.3 Å². The summed E-state index contributed by atoms with van der Waals surface area (Å²) in [4.78, 5) is 37.8. The van der Waals surface area contributed by atoms with Gasteiger partial charge in [-0.3, -0.25) is 9.59 Å². The first-order valence-electron chi connectivity index (χ1n) is 11.5. The molecule has 4 heterocycles. The summed E-state index contributed by atoms with van der Waals surface area (Å²) in [7, 11) is 0. The number of hydrogen-bond acceptors (Lipinski definition) is 8. The molecule has 0 spiro atoms. The number of rotatable bonds is 7. The third-order valence-corrected chi connectivity index (χ3v) is 6.21. The third kappa shape index (κ3) is 6.08. The number of aromatic nitrogens is 4. The van der Waals surface area contributed by atoms with Crippen LogP contribution in [0.1, 0.15) is 24.5 Å². The Kier molecular flexibility index (Phi) is 7.53. The molecule has 1 fully saturated rings. The molecule has 1 amide bonds. The highest BCUT2D eigenvalue weighted by molar-refractivity contribution is 5.76. The zero-order valence-electron chi connectivity index (χ0n) is 19.4. The lowest BCUT2D eigenvalue weighted by Crippen LogP contribution is -2.49. The molecule has 1 saturated heterocycles. The highest BCUT2D eigenvalue weighted by Crippen LogP contribution is 2.28. The van der Waals surface area contributed by atoms with Crippen molar-refractivity contribution in [1.29, 1.82) is 0 Å². The Morgan fingerprint density at radius 2 is 1.86 bits per heavy atom. The number of H-pyrrole nitrogens is 1. The number of aromatic amines is 1. The third-order valence-electron chi connectivity index (χ3n) is 6.21. The van der Waals surface area contributed by atoms with Crippen molar-refractivity contribution in [2.24, 2.45) is 5.92 Å². The van der Waals surface area contributed by atoms with E-state index in [1.807, 2.05) is 0 Å². The van der Waals surface area contributed by atoms with E-state index in [4.69, 9.17) is 4.74 Å². The predicted molar refractivity (Wildman–Crippen MR) is 121 cm³/mol. The molecule has 0 radical (unpaired) electrons. The minimum absolute atomic E-state index is 0.0364. The second-order valence-corrected chi connectivity index (χ2v) is 8.82. The average Bonchev–Trinajstić information content (AvgIpc) is 2.84. The fourth-order valence-corrected chi connectivity index (χ4v) is 4.36. The summed E-state index contributed by atoms with van der Waals surface area (Å²) in [5, 5.41) is 6.39. The Balaban J connectivity index is 1.17. The summed E-state index contributed by atoms with van der Waals surface area (Å²) >= 11 is 0. The Morgan fingerprint density at radius 1 is 1.14 bits per heavy atom. The van der Waals surface area contributed by atoms with Crippen molar-refractivity contribution in [2.45, 2.75) is 25.9 Å². The van der Waals surface area contributed by atoms with Crippen LogP contribution in [-0.4, -0.2) is 83.5 Å².